The van der Waals surface area contributed by atoms with E-state index >= 15 is 0 Å². The molecule has 0 saturated heterocycles. The molecule has 0 atom stereocenters. The monoisotopic (exact) mass is 228 g/mol. The summed E-state index contributed by atoms with van der Waals surface area (Å²) in [5.41, 5.74) is 0. The molecule has 0 spiro atoms. The van der Waals surface area contributed by atoms with Gasteiger partial charge in [-0.2, -0.15) is 0 Å². The van der Waals surface area contributed by atoms with E-state index in [4.69, 9.17) is 15.3 Å². The predicted octanol–water partition coefficient (Wildman–Crippen LogP) is -0.151. The van der Waals surface area contributed by atoms with Crippen LogP contribution in [0.3, 0.4) is 0 Å². The van der Waals surface area contributed by atoms with Crippen LogP contribution in [0, 0.1) is 5.92 Å². The molecule has 0 rings (SSSR count). The van der Waals surface area contributed by atoms with Crippen LogP contribution in [-0.4, -0.2) is 36.1 Å². The summed E-state index contributed by atoms with van der Waals surface area (Å²) in [4.78, 5) is 0. The molecule has 0 aliphatic heterocycles. The fraction of sp³-hybridized carbons (Fsp3) is 1.00. The van der Waals surface area contributed by atoms with Gasteiger partial charge in [0.1, 0.15) is 0 Å². The van der Waals surface area contributed by atoms with Crippen molar-refractivity contribution in [3.63, 3.8) is 0 Å². The van der Waals surface area contributed by atoms with Gasteiger partial charge >= 0.3 is 0 Å². The van der Waals surface area contributed by atoms with E-state index in [0.29, 0.717) is 12.5 Å². The van der Waals surface area contributed by atoms with E-state index in [1.54, 1.807) is 0 Å². The SMILES string of the molecule is CC(C)CO.CO.CO.[Zr]. The number of rotatable bonds is 1. The van der Waals surface area contributed by atoms with Crippen LogP contribution in [0.4, 0.5) is 0 Å². The Morgan fingerprint density at radius 3 is 1.10 bits per heavy atom. The first-order valence-corrected chi connectivity index (χ1v) is 2.77. The molecule has 10 heavy (non-hydrogen) atoms. The summed E-state index contributed by atoms with van der Waals surface area (Å²) in [6.07, 6.45) is 0. The number of aliphatic hydroxyl groups is 3. The molecule has 0 radical (unpaired) electrons. The van der Waals surface area contributed by atoms with Gasteiger partial charge in [-0.25, -0.2) is 0 Å². The number of hydrogen-bond acceptors (Lipinski definition) is 3. The average Bonchev–Trinajstić information content (AvgIpc) is 1.97. The van der Waals surface area contributed by atoms with E-state index in [9.17, 15) is 0 Å². The Bertz CT molecular complexity index is 27.0. The summed E-state index contributed by atoms with van der Waals surface area (Å²) < 4.78 is 0. The minimum absolute atomic E-state index is 0. The fourth-order valence-corrected chi connectivity index (χ4v) is 0. The van der Waals surface area contributed by atoms with Crippen molar-refractivity contribution >= 4 is 0 Å². The van der Waals surface area contributed by atoms with Gasteiger partial charge in [0.15, 0.2) is 0 Å². The van der Waals surface area contributed by atoms with Crippen molar-refractivity contribution in [2.24, 2.45) is 5.92 Å². The Morgan fingerprint density at radius 1 is 1.00 bits per heavy atom. The van der Waals surface area contributed by atoms with Gasteiger partial charge in [-0.1, -0.05) is 13.8 Å². The third-order valence-electron chi connectivity index (χ3n) is 0.365. The van der Waals surface area contributed by atoms with Crippen molar-refractivity contribution in [2.45, 2.75) is 13.8 Å². The molecule has 0 amide bonds. The number of hydrogen-bond donors (Lipinski definition) is 3. The summed E-state index contributed by atoms with van der Waals surface area (Å²) in [7, 11) is 2.00. The van der Waals surface area contributed by atoms with Crippen LogP contribution < -0.4 is 0 Å². The molecule has 0 aliphatic rings. The third kappa shape index (κ3) is 69.2. The van der Waals surface area contributed by atoms with E-state index in [-0.39, 0.29) is 26.2 Å². The molecule has 0 aromatic heterocycles. The maximum absolute atomic E-state index is 8.14. The molecule has 3 N–H and O–H groups in total. The van der Waals surface area contributed by atoms with E-state index in [0.717, 1.165) is 14.2 Å². The van der Waals surface area contributed by atoms with E-state index in [2.05, 4.69) is 0 Å². The second-order valence-electron chi connectivity index (χ2n) is 1.58. The summed E-state index contributed by atoms with van der Waals surface area (Å²) in [6.45, 7) is 4.25. The molecule has 3 nitrogen and oxygen atoms in total. The fourth-order valence-electron chi connectivity index (χ4n) is 0. The minimum atomic E-state index is 0. The zero-order valence-electron chi connectivity index (χ0n) is 7.13. The van der Waals surface area contributed by atoms with Gasteiger partial charge < -0.3 is 15.3 Å². The average molecular weight is 229 g/mol. The normalized spacial score (nSPS) is 6.00. The van der Waals surface area contributed by atoms with Gasteiger partial charge in [-0.3, -0.25) is 0 Å². The maximum atomic E-state index is 8.14. The molecule has 64 valence electrons. The molecule has 0 aromatic rings. The summed E-state index contributed by atoms with van der Waals surface area (Å²) >= 11 is 0. The topological polar surface area (TPSA) is 60.7 Å². The second kappa shape index (κ2) is 33.0. The Kier molecular flexibility index (Phi) is 74.1. The van der Waals surface area contributed by atoms with E-state index in [1.165, 1.54) is 0 Å². The van der Waals surface area contributed by atoms with Gasteiger partial charge in [-0.05, 0) is 5.92 Å². The molecule has 0 unspecified atom stereocenters. The van der Waals surface area contributed by atoms with Gasteiger partial charge in [0.2, 0.25) is 0 Å². The molecule has 0 fully saturated rings. The minimum Gasteiger partial charge on any atom is -0.400 e. The smallest absolute Gasteiger partial charge is 0.0453 e. The molecule has 0 aromatic carbocycles. The first kappa shape index (κ1) is 22.4. The van der Waals surface area contributed by atoms with E-state index in [1.807, 2.05) is 13.8 Å². The van der Waals surface area contributed by atoms with Crippen molar-refractivity contribution in [1.29, 1.82) is 0 Å². The van der Waals surface area contributed by atoms with Crippen LogP contribution in [-0.2, 0) is 26.2 Å². The summed E-state index contributed by atoms with van der Waals surface area (Å²) in [5, 5.41) is 22.1. The molecule has 4 heteroatoms. The first-order valence-electron chi connectivity index (χ1n) is 2.77. The molecular weight excluding hydrogens is 211 g/mol. The van der Waals surface area contributed by atoms with Gasteiger partial charge in [-0.15, -0.1) is 0 Å². The van der Waals surface area contributed by atoms with Crippen molar-refractivity contribution in [3.8, 4) is 0 Å². The standard InChI is InChI=1S/C4H10O.2CH4O.Zr/c1-4(2)3-5;2*1-2;/h4-5H,3H2,1-2H3;2*2H,1H3;. The van der Waals surface area contributed by atoms with Crippen molar-refractivity contribution in [1.82, 2.24) is 0 Å². The number of aliphatic hydroxyl groups excluding tert-OH is 3. The Balaban J connectivity index is -0.0000000315. The zero-order chi connectivity index (χ0) is 8.28. The van der Waals surface area contributed by atoms with Crippen LogP contribution in [0.15, 0.2) is 0 Å². The Hall–Kier alpha value is 0.763. The van der Waals surface area contributed by atoms with Crippen LogP contribution in [0.2, 0.25) is 0 Å². The Labute approximate surface area is 82.2 Å². The quantitative estimate of drug-likeness (QED) is 0.586. The van der Waals surface area contributed by atoms with E-state index < -0.39 is 0 Å². The summed E-state index contributed by atoms with van der Waals surface area (Å²) in [5.74, 6) is 0.440. The Morgan fingerprint density at radius 2 is 1.10 bits per heavy atom. The maximum Gasteiger partial charge on any atom is 0.0453 e. The van der Waals surface area contributed by atoms with Crippen molar-refractivity contribution in [3.05, 3.63) is 0 Å². The van der Waals surface area contributed by atoms with Crippen molar-refractivity contribution in [2.75, 3.05) is 20.8 Å². The van der Waals surface area contributed by atoms with Gasteiger partial charge in [0.05, 0.1) is 0 Å². The van der Waals surface area contributed by atoms with Crippen LogP contribution >= 0.6 is 0 Å². The zero-order valence-corrected chi connectivity index (χ0v) is 9.58. The molecule has 0 saturated carbocycles. The van der Waals surface area contributed by atoms with Crippen LogP contribution in [0.5, 0.6) is 0 Å². The largest absolute Gasteiger partial charge is 0.400 e. The summed E-state index contributed by atoms with van der Waals surface area (Å²) in [6, 6.07) is 0. The van der Waals surface area contributed by atoms with Crippen molar-refractivity contribution < 1.29 is 41.5 Å². The third-order valence-corrected chi connectivity index (χ3v) is 0.365. The van der Waals surface area contributed by atoms with Gasteiger partial charge in [0, 0.05) is 47.0 Å². The predicted molar refractivity (Wildman–Crippen MR) is 38.2 cm³/mol. The molecule has 0 heterocycles. The second-order valence-corrected chi connectivity index (χ2v) is 1.58. The molecule has 0 aliphatic carbocycles. The molecule has 0 bridgehead atoms. The van der Waals surface area contributed by atoms with Gasteiger partial charge in [0.25, 0.3) is 0 Å². The first-order chi connectivity index (χ1) is 4.27. The van der Waals surface area contributed by atoms with Crippen LogP contribution in [0.1, 0.15) is 13.8 Å². The van der Waals surface area contributed by atoms with Crippen LogP contribution in [0.25, 0.3) is 0 Å². The molecular formula is C6H18O3Zr.